The van der Waals surface area contributed by atoms with Crippen LogP contribution in [0.3, 0.4) is 0 Å². The number of fused-ring (bicyclic) bond motifs is 5. The van der Waals surface area contributed by atoms with Crippen LogP contribution >= 0.6 is 0 Å². The van der Waals surface area contributed by atoms with Gasteiger partial charge in [0, 0.05) is 17.5 Å². The first-order chi connectivity index (χ1) is 16.7. The van der Waals surface area contributed by atoms with E-state index in [1.54, 1.807) is 6.08 Å². The molecule has 6 aliphatic rings. The lowest BCUT2D eigenvalue weighted by atomic mass is 9.43. The topological polar surface area (TPSA) is 59.0 Å². The number of esters is 1. The van der Waals surface area contributed by atoms with Crippen LogP contribution in [0.1, 0.15) is 91.4 Å². The van der Waals surface area contributed by atoms with Gasteiger partial charge in [0.15, 0.2) is 0 Å². The fourth-order valence-corrected chi connectivity index (χ4v) is 10.1. The number of likely N-dealkylation sites (tertiary alicyclic amines) is 1. The summed E-state index contributed by atoms with van der Waals surface area (Å²) in [6.45, 7) is 11.0. The van der Waals surface area contributed by atoms with E-state index in [-0.39, 0.29) is 17.3 Å². The van der Waals surface area contributed by atoms with Gasteiger partial charge >= 0.3 is 5.97 Å². The highest BCUT2D eigenvalue weighted by atomic mass is 16.5. The first-order valence-corrected chi connectivity index (χ1v) is 14.7. The van der Waals surface area contributed by atoms with Crippen molar-refractivity contribution in [2.45, 2.75) is 109 Å². The second-order valence-electron chi connectivity index (χ2n) is 13.6. The van der Waals surface area contributed by atoms with Gasteiger partial charge in [-0.25, -0.2) is 4.79 Å². The Morgan fingerprint density at radius 3 is 2.63 bits per heavy atom. The van der Waals surface area contributed by atoms with E-state index in [2.05, 4.69) is 25.7 Å². The molecule has 0 aromatic carbocycles. The van der Waals surface area contributed by atoms with Crippen molar-refractivity contribution in [2.24, 2.45) is 34.5 Å². The van der Waals surface area contributed by atoms with Crippen molar-refractivity contribution < 1.29 is 19.4 Å². The summed E-state index contributed by atoms with van der Waals surface area (Å²) >= 11 is 0. The van der Waals surface area contributed by atoms with E-state index in [0.717, 1.165) is 43.8 Å². The highest BCUT2D eigenvalue weighted by molar-refractivity contribution is 5.85. The number of hydrogen-bond acceptors (Lipinski definition) is 5. The zero-order valence-corrected chi connectivity index (χ0v) is 22.3. The van der Waals surface area contributed by atoms with Crippen molar-refractivity contribution >= 4 is 5.97 Å². The number of rotatable bonds is 5. The van der Waals surface area contributed by atoms with E-state index >= 15 is 0 Å². The van der Waals surface area contributed by atoms with Crippen LogP contribution in [-0.4, -0.2) is 60.0 Å². The lowest BCUT2D eigenvalue weighted by Crippen LogP contribution is -2.62. The van der Waals surface area contributed by atoms with Gasteiger partial charge in [-0.3, -0.25) is 4.90 Å². The molecule has 5 nitrogen and oxygen atoms in total. The Morgan fingerprint density at radius 1 is 1.09 bits per heavy atom. The molecule has 6 rings (SSSR count). The first kappa shape index (κ1) is 24.4. The summed E-state index contributed by atoms with van der Waals surface area (Å²) in [7, 11) is 0. The first-order valence-electron chi connectivity index (χ1n) is 14.7. The normalized spacial score (nSPS) is 48.6. The maximum atomic E-state index is 12.4. The lowest BCUT2D eigenvalue weighted by Gasteiger charge is -2.63. The van der Waals surface area contributed by atoms with Gasteiger partial charge in [-0.15, -0.1) is 0 Å². The van der Waals surface area contributed by atoms with Crippen molar-refractivity contribution in [1.29, 1.82) is 0 Å². The number of hydrogen-bond donors (Lipinski definition) is 1. The minimum atomic E-state index is -0.612. The van der Waals surface area contributed by atoms with Gasteiger partial charge in [-0.1, -0.05) is 13.8 Å². The fourth-order valence-electron chi connectivity index (χ4n) is 10.1. The number of carbonyl (C=O) groups excluding carboxylic acids is 1. The van der Waals surface area contributed by atoms with Gasteiger partial charge in [0.25, 0.3) is 0 Å². The Kier molecular flexibility index (Phi) is 6.17. The molecule has 0 bridgehead atoms. The van der Waals surface area contributed by atoms with Crippen LogP contribution in [0.4, 0.5) is 0 Å². The van der Waals surface area contributed by atoms with Gasteiger partial charge in [-0.2, -0.15) is 0 Å². The number of cyclic esters (lactones) is 1. The average molecular weight is 486 g/mol. The summed E-state index contributed by atoms with van der Waals surface area (Å²) in [6.07, 6.45) is 15.0. The highest BCUT2D eigenvalue weighted by Gasteiger charge is 2.67. The Labute approximate surface area is 212 Å². The van der Waals surface area contributed by atoms with Gasteiger partial charge in [0.2, 0.25) is 0 Å². The number of carbonyl (C=O) groups is 1. The standard InChI is InChI=1S/C30H47NO4/c1-20(31-14-4-5-15-31)18-34-23-8-11-28(2)22(17-23)6-7-26-25(28)9-12-29(3)24(10-13-30(26,29)33)21-16-27(32)35-19-21/h16,20,22-26,33H,4-15,17-19H2,1-3H3/t20?,22-,23+,24-,25+,26-,28+,29-,30+/m1/s1. The van der Waals surface area contributed by atoms with Crippen molar-refractivity contribution in [3.63, 3.8) is 0 Å². The van der Waals surface area contributed by atoms with Crippen LogP contribution in [0.15, 0.2) is 11.6 Å². The third kappa shape index (κ3) is 3.77. The molecule has 9 atom stereocenters. The Morgan fingerprint density at radius 2 is 1.89 bits per heavy atom. The maximum absolute atomic E-state index is 12.4. The molecule has 2 aliphatic heterocycles. The SMILES string of the molecule is CC(CO[C@H]1CC[C@@]2(C)[C@H](CC[C@@H]3[C@@H]2CC[C@]2(C)[C@@H](C4=CC(=O)OC4)CC[C@]32O)C1)N1CCCC1. The Hall–Kier alpha value is -0.910. The van der Waals surface area contributed by atoms with Crippen LogP contribution in [0.25, 0.3) is 0 Å². The molecule has 5 heteroatoms. The summed E-state index contributed by atoms with van der Waals surface area (Å²) in [5.74, 6) is 1.80. The molecular formula is C30H47NO4. The number of ether oxygens (including phenoxy) is 2. The van der Waals surface area contributed by atoms with E-state index in [1.807, 2.05) is 0 Å². The second kappa shape index (κ2) is 8.84. The van der Waals surface area contributed by atoms with Gasteiger partial charge in [0.1, 0.15) is 6.61 Å². The molecule has 1 unspecified atom stereocenters. The molecule has 35 heavy (non-hydrogen) atoms. The molecule has 0 radical (unpaired) electrons. The van der Waals surface area contributed by atoms with Crippen LogP contribution < -0.4 is 0 Å². The van der Waals surface area contributed by atoms with E-state index < -0.39 is 5.60 Å². The zero-order chi connectivity index (χ0) is 24.4. The molecule has 0 spiro atoms. The molecule has 5 fully saturated rings. The molecule has 4 saturated carbocycles. The minimum absolute atomic E-state index is 0.136. The van der Waals surface area contributed by atoms with Crippen molar-refractivity contribution in [2.75, 3.05) is 26.3 Å². The van der Waals surface area contributed by atoms with Crippen molar-refractivity contribution in [1.82, 2.24) is 4.90 Å². The molecule has 0 amide bonds. The van der Waals surface area contributed by atoms with Crippen molar-refractivity contribution in [3.05, 3.63) is 11.6 Å². The molecule has 1 N–H and O–H groups in total. The van der Waals surface area contributed by atoms with Gasteiger partial charge in [0.05, 0.1) is 18.3 Å². The van der Waals surface area contributed by atoms with Crippen LogP contribution in [0.2, 0.25) is 0 Å². The lowest BCUT2D eigenvalue weighted by molar-refractivity contribution is -0.210. The molecule has 0 aromatic heterocycles. The predicted molar refractivity (Wildman–Crippen MR) is 136 cm³/mol. The summed E-state index contributed by atoms with van der Waals surface area (Å²) in [5, 5.41) is 12.4. The highest BCUT2D eigenvalue weighted by Crippen LogP contribution is 2.70. The molecule has 1 saturated heterocycles. The molecule has 4 aliphatic carbocycles. The van der Waals surface area contributed by atoms with Crippen LogP contribution in [-0.2, 0) is 14.3 Å². The van der Waals surface area contributed by atoms with E-state index in [0.29, 0.717) is 36.0 Å². The molecule has 2 heterocycles. The quantitative estimate of drug-likeness (QED) is 0.548. The number of aliphatic hydroxyl groups is 1. The van der Waals surface area contributed by atoms with Gasteiger partial charge < -0.3 is 14.6 Å². The predicted octanol–water partition coefficient (Wildman–Crippen LogP) is 5.11. The molecule has 0 aromatic rings. The average Bonchev–Trinajstić information content (AvgIpc) is 3.57. The second-order valence-corrected chi connectivity index (χ2v) is 13.6. The largest absolute Gasteiger partial charge is 0.458 e. The molecular weight excluding hydrogens is 438 g/mol. The van der Waals surface area contributed by atoms with E-state index in [9.17, 15) is 9.90 Å². The fraction of sp³-hybridized carbons (Fsp3) is 0.900. The Bertz CT molecular complexity index is 866. The minimum Gasteiger partial charge on any atom is -0.458 e. The summed E-state index contributed by atoms with van der Waals surface area (Å²) in [5.41, 5.74) is 0.708. The van der Waals surface area contributed by atoms with E-state index in [4.69, 9.17) is 9.47 Å². The monoisotopic (exact) mass is 485 g/mol. The third-order valence-corrected chi connectivity index (χ3v) is 12.3. The van der Waals surface area contributed by atoms with Gasteiger partial charge in [-0.05, 0) is 125 Å². The Balaban J connectivity index is 1.13. The van der Waals surface area contributed by atoms with Crippen LogP contribution in [0.5, 0.6) is 0 Å². The third-order valence-electron chi connectivity index (χ3n) is 12.3. The van der Waals surface area contributed by atoms with E-state index in [1.165, 1.54) is 58.0 Å². The summed E-state index contributed by atoms with van der Waals surface area (Å²) < 4.78 is 11.8. The zero-order valence-electron chi connectivity index (χ0n) is 22.3. The van der Waals surface area contributed by atoms with Crippen LogP contribution in [0, 0.1) is 34.5 Å². The summed E-state index contributed by atoms with van der Waals surface area (Å²) in [4.78, 5) is 14.4. The smallest absolute Gasteiger partial charge is 0.331 e. The summed E-state index contributed by atoms with van der Waals surface area (Å²) in [6, 6.07) is 0.540. The molecule has 196 valence electrons. The van der Waals surface area contributed by atoms with Crippen molar-refractivity contribution in [3.8, 4) is 0 Å². The number of nitrogens with zero attached hydrogens (tertiary/aromatic N) is 1. The maximum Gasteiger partial charge on any atom is 0.331 e.